The number of carbonyl (C=O) groups is 1. The third kappa shape index (κ3) is 3.09. The molecule has 0 atom stereocenters. The smallest absolute Gasteiger partial charge is 0.194 e. The van der Waals surface area contributed by atoms with Gasteiger partial charge in [0, 0.05) is 24.2 Å². The molecule has 0 saturated carbocycles. The number of halogens is 3. The van der Waals surface area contributed by atoms with Crippen LogP contribution in [0.2, 0.25) is 5.02 Å². The highest BCUT2D eigenvalue weighted by Crippen LogP contribution is 2.21. The molecule has 0 aliphatic carbocycles. The topological polar surface area (TPSA) is 17.1 Å². The molecule has 0 amide bonds. The summed E-state index contributed by atoms with van der Waals surface area (Å²) in [6.45, 7) is 0. The molecule has 0 aliphatic heterocycles. The van der Waals surface area contributed by atoms with E-state index in [9.17, 15) is 4.79 Å². The van der Waals surface area contributed by atoms with E-state index >= 15 is 0 Å². The fraction of sp³-hybridized carbons (Fsp3) is 0. The zero-order valence-corrected chi connectivity index (χ0v) is 13.1. The third-order valence-electron chi connectivity index (χ3n) is 2.28. The Morgan fingerprint density at radius 1 is 1.12 bits per heavy atom. The van der Waals surface area contributed by atoms with Crippen LogP contribution < -0.4 is 0 Å². The summed E-state index contributed by atoms with van der Waals surface area (Å²) in [5.41, 5.74) is 1.30. The minimum absolute atomic E-state index is 0.00981. The van der Waals surface area contributed by atoms with Gasteiger partial charge in [0.15, 0.2) is 5.78 Å². The van der Waals surface area contributed by atoms with Gasteiger partial charge in [-0.2, -0.15) is 0 Å². The Morgan fingerprint density at radius 2 is 1.76 bits per heavy atom. The van der Waals surface area contributed by atoms with E-state index in [1.165, 1.54) is 0 Å². The van der Waals surface area contributed by atoms with Crippen LogP contribution in [0.25, 0.3) is 0 Å². The molecule has 0 unspecified atom stereocenters. The van der Waals surface area contributed by atoms with E-state index in [4.69, 9.17) is 11.6 Å². The number of hydrogen-bond acceptors (Lipinski definition) is 1. The zero-order chi connectivity index (χ0) is 12.4. The van der Waals surface area contributed by atoms with Crippen LogP contribution in [0.3, 0.4) is 0 Å². The van der Waals surface area contributed by atoms with Gasteiger partial charge in [0.2, 0.25) is 0 Å². The molecule has 0 spiro atoms. The van der Waals surface area contributed by atoms with Crippen LogP contribution >= 0.6 is 50.1 Å². The summed E-state index contributed by atoms with van der Waals surface area (Å²) in [5, 5.41) is 0.575. The maximum Gasteiger partial charge on any atom is 0.194 e. The van der Waals surface area contributed by atoms with Crippen LogP contribution in [0.1, 0.15) is 15.9 Å². The molecule has 0 saturated heterocycles. The van der Waals surface area contributed by atoms with Crippen molar-refractivity contribution in [2.75, 3.05) is 0 Å². The van der Waals surface area contributed by atoms with Gasteiger partial charge in [-0.15, -0.1) is 0 Å². The first-order chi connectivity index (χ1) is 8.08. The van der Waals surface area contributed by atoms with Crippen molar-refractivity contribution in [3.05, 3.63) is 66.7 Å². The molecule has 17 heavy (non-hydrogen) atoms. The lowest BCUT2D eigenvalue weighted by molar-refractivity contribution is 0.103. The van der Waals surface area contributed by atoms with Gasteiger partial charge in [0.05, 0.1) is 0 Å². The fourth-order valence-corrected chi connectivity index (χ4v) is 2.45. The minimum Gasteiger partial charge on any atom is -0.289 e. The van der Waals surface area contributed by atoms with Gasteiger partial charge in [-0.3, -0.25) is 4.79 Å². The Hall–Kier alpha value is -0.390. The lowest BCUT2D eigenvalue weighted by atomic mass is 10.0. The molecule has 86 valence electrons. The van der Waals surface area contributed by atoms with E-state index in [1.807, 2.05) is 18.2 Å². The summed E-state index contributed by atoms with van der Waals surface area (Å²) in [6, 6.07) is 12.6. The van der Waals surface area contributed by atoms with E-state index in [1.54, 1.807) is 24.3 Å². The molecule has 2 aromatic carbocycles. The molecule has 0 N–H and O–H groups in total. The molecule has 1 nitrogen and oxygen atoms in total. The van der Waals surface area contributed by atoms with Crippen LogP contribution in [-0.2, 0) is 0 Å². The molecule has 2 rings (SSSR count). The fourth-order valence-electron chi connectivity index (χ4n) is 1.43. The molecular weight excluding hydrogens is 414 g/mol. The maximum atomic E-state index is 12.3. The maximum absolute atomic E-state index is 12.3. The molecule has 0 fully saturated rings. The van der Waals surface area contributed by atoms with Crippen LogP contribution in [0, 0.1) is 3.57 Å². The van der Waals surface area contributed by atoms with Gasteiger partial charge in [-0.05, 0) is 65.1 Å². The quantitative estimate of drug-likeness (QED) is 0.496. The first-order valence-electron chi connectivity index (χ1n) is 4.83. The van der Waals surface area contributed by atoms with Crippen LogP contribution in [0.4, 0.5) is 0 Å². The second-order valence-electron chi connectivity index (χ2n) is 3.46. The summed E-state index contributed by atoms with van der Waals surface area (Å²) in [7, 11) is 0. The normalized spacial score (nSPS) is 10.3. The minimum atomic E-state index is -0.00981. The summed E-state index contributed by atoms with van der Waals surface area (Å²) < 4.78 is 1.86. The molecule has 0 aliphatic rings. The highest BCUT2D eigenvalue weighted by molar-refractivity contribution is 14.1. The zero-order valence-electron chi connectivity index (χ0n) is 8.58. The van der Waals surface area contributed by atoms with Crippen LogP contribution in [0.15, 0.2) is 46.9 Å². The highest BCUT2D eigenvalue weighted by atomic mass is 127. The first-order valence-corrected chi connectivity index (χ1v) is 7.08. The van der Waals surface area contributed by atoms with E-state index < -0.39 is 0 Å². The summed E-state index contributed by atoms with van der Waals surface area (Å²) in [5.74, 6) is -0.00981. The van der Waals surface area contributed by atoms with Crippen molar-refractivity contribution in [3.8, 4) is 0 Å². The summed E-state index contributed by atoms with van der Waals surface area (Å²) >= 11 is 11.4. The SMILES string of the molecule is O=C(c1ccc(Br)cc1)c1cc(Cl)ccc1I. The van der Waals surface area contributed by atoms with Crippen molar-refractivity contribution < 1.29 is 4.79 Å². The second kappa shape index (κ2) is 5.50. The number of rotatable bonds is 2. The summed E-state index contributed by atoms with van der Waals surface area (Å²) in [4.78, 5) is 12.3. The van der Waals surface area contributed by atoms with Gasteiger partial charge >= 0.3 is 0 Å². The molecule has 2 aromatic rings. The van der Waals surface area contributed by atoms with Gasteiger partial charge in [0.1, 0.15) is 0 Å². The Morgan fingerprint density at radius 3 is 2.41 bits per heavy atom. The van der Waals surface area contributed by atoms with Gasteiger partial charge in [-0.1, -0.05) is 27.5 Å². The van der Waals surface area contributed by atoms with Crippen molar-refractivity contribution in [2.45, 2.75) is 0 Å². The average molecular weight is 421 g/mol. The lowest BCUT2D eigenvalue weighted by Gasteiger charge is -2.04. The van der Waals surface area contributed by atoms with Crippen molar-refractivity contribution >= 4 is 55.9 Å². The number of carbonyl (C=O) groups excluding carboxylic acids is 1. The molecule has 0 aromatic heterocycles. The number of hydrogen-bond donors (Lipinski definition) is 0. The van der Waals surface area contributed by atoms with E-state index in [0.29, 0.717) is 16.1 Å². The monoisotopic (exact) mass is 420 g/mol. The Balaban J connectivity index is 2.43. The van der Waals surface area contributed by atoms with Crippen molar-refractivity contribution in [2.24, 2.45) is 0 Å². The highest BCUT2D eigenvalue weighted by Gasteiger charge is 2.12. The first kappa shape index (κ1) is 13.1. The Labute approximate surface area is 126 Å². The lowest BCUT2D eigenvalue weighted by Crippen LogP contribution is -2.03. The molecule has 0 bridgehead atoms. The molecule has 4 heteroatoms. The van der Waals surface area contributed by atoms with Gasteiger partial charge < -0.3 is 0 Å². The second-order valence-corrected chi connectivity index (χ2v) is 5.97. The third-order valence-corrected chi connectivity index (χ3v) is 3.98. The number of benzene rings is 2. The standard InChI is InChI=1S/C13H7BrClIO/c14-9-3-1-8(2-4-9)13(17)11-7-10(15)5-6-12(11)16/h1-7H. The van der Waals surface area contributed by atoms with E-state index in [-0.39, 0.29) is 5.78 Å². The van der Waals surface area contributed by atoms with E-state index in [0.717, 1.165) is 8.04 Å². The molecule has 0 radical (unpaired) electrons. The van der Waals surface area contributed by atoms with Crippen molar-refractivity contribution in [3.63, 3.8) is 0 Å². The average Bonchev–Trinajstić information content (AvgIpc) is 2.32. The van der Waals surface area contributed by atoms with Gasteiger partial charge in [0.25, 0.3) is 0 Å². The predicted molar refractivity (Wildman–Crippen MR) is 81.7 cm³/mol. The Bertz CT molecular complexity index is 566. The molecule has 0 heterocycles. The van der Waals surface area contributed by atoms with Crippen LogP contribution in [0.5, 0.6) is 0 Å². The van der Waals surface area contributed by atoms with Gasteiger partial charge in [-0.25, -0.2) is 0 Å². The predicted octanol–water partition coefficient (Wildman–Crippen LogP) is 4.94. The van der Waals surface area contributed by atoms with Crippen molar-refractivity contribution in [1.82, 2.24) is 0 Å². The summed E-state index contributed by atoms with van der Waals surface area (Å²) in [6.07, 6.45) is 0. The van der Waals surface area contributed by atoms with Crippen LogP contribution in [-0.4, -0.2) is 5.78 Å². The van der Waals surface area contributed by atoms with E-state index in [2.05, 4.69) is 38.5 Å². The number of ketones is 1. The Kier molecular flexibility index (Phi) is 4.22. The molecular formula is C13H7BrClIO. The largest absolute Gasteiger partial charge is 0.289 e. The van der Waals surface area contributed by atoms with Crippen molar-refractivity contribution in [1.29, 1.82) is 0 Å².